The number of nitrogens with zero attached hydrogens (tertiary/aromatic N) is 3. The Bertz CT molecular complexity index is 1120. The number of thiocarbonyl (C=S) groups is 1. The third-order valence-corrected chi connectivity index (χ3v) is 6.83. The zero-order valence-corrected chi connectivity index (χ0v) is 20.5. The molecule has 0 radical (unpaired) electrons. The van der Waals surface area contributed by atoms with Crippen molar-refractivity contribution >= 4 is 34.7 Å². The second-order valence-electron chi connectivity index (χ2n) is 7.95. The fraction of sp³-hybridized carbons (Fsp3) is 0.320. The van der Waals surface area contributed by atoms with E-state index in [-0.39, 0.29) is 6.04 Å². The van der Waals surface area contributed by atoms with Gasteiger partial charge in [-0.1, -0.05) is 48.3 Å². The highest BCUT2D eigenvalue weighted by molar-refractivity contribution is 7.98. The van der Waals surface area contributed by atoms with Crippen LogP contribution in [-0.4, -0.2) is 33.0 Å². The molecule has 0 saturated carbocycles. The number of benzene rings is 2. The first kappa shape index (κ1) is 22.6. The molecule has 4 rings (SSSR count). The highest BCUT2D eigenvalue weighted by Gasteiger charge is 2.33. The van der Waals surface area contributed by atoms with E-state index in [1.807, 2.05) is 12.1 Å². The molecule has 1 aliphatic heterocycles. The number of rotatable bonds is 7. The fourth-order valence-corrected chi connectivity index (χ4v) is 4.60. The molecule has 0 spiro atoms. The summed E-state index contributed by atoms with van der Waals surface area (Å²) in [5.74, 6) is 1.11. The smallest absolute Gasteiger partial charge is 0.258 e. The molecule has 0 amide bonds. The van der Waals surface area contributed by atoms with Crippen LogP contribution in [0.1, 0.15) is 49.7 Å². The number of aromatic nitrogens is 2. The van der Waals surface area contributed by atoms with Gasteiger partial charge in [-0.25, -0.2) is 0 Å². The lowest BCUT2D eigenvalue weighted by Gasteiger charge is -2.37. The standard InChI is InChI=1S/C25H28N4OS2/c1-5-6-15-29-17(3)21(22(26-25(29)31)18-9-7-16(2)8-10-18)24-27-23(28-30-24)19-11-13-20(32-4)14-12-19/h7-14,22H,5-6,15H2,1-4H3,(H,26,31). The summed E-state index contributed by atoms with van der Waals surface area (Å²) >= 11 is 7.45. The number of thioether (sulfide) groups is 1. The van der Waals surface area contributed by atoms with Gasteiger partial charge in [0.1, 0.15) is 0 Å². The van der Waals surface area contributed by atoms with Crippen molar-refractivity contribution in [2.75, 3.05) is 12.8 Å². The van der Waals surface area contributed by atoms with Gasteiger partial charge in [0.05, 0.1) is 11.6 Å². The van der Waals surface area contributed by atoms with Gasteiger partial charge in [0.15, 0.2) is 5.11 Å². The van der Waals surface area contributed by atoms with Crippen LogP contribution in [0.15, 0.2) is 63.6 Å². The quantitative estimate of drug-likeness (QED) is 0.328. The van der Waals surface area contributed by atoms with Crippen molar-refractivity contribution in [2.45, 2.75) is 44.6 Å². The summed E-state index contributed by atoms with van der Waals surface area (Å²) in [5.41, 5.74) is 5.29. The van der Waals surface area contributed by atoms with Crippen molar-refractivity contribution < 1.29 is 4.52 Å². The first-order valence-corrected chi connectivity index (χ1v) is 12.5. The van der Waals surface area contributed by atoms with Gasteiger partial charge in [0.25, 0.3) is 5.89 Å². The molecule has 1 aliphatic rings. The van der Waals surface area contributed by atoms with Crippen molar-refractivity contribution in [3.05, 3.63) is 71.2 Å². The Hall–Kier alpha value is -2.64. The largest absolute Gasteiger partial charge is 0.351 e. The van der Waals surface area contributed by atoms with Crippen molar-refractivity contribution in [1.82, 2.24) is 20.4 Å². The van der Waals surface area contributed by atoms with E-state index in [2.05, 4.69) is 78.8 Å². The van der Waals surface area contributed by atoms with Crippen molar-refractivity contribution in [3.63, 3.8) is 0 Å². The molecule has 0 saturated heterocycles. The van der Waals surface area contributed by atoms with Crippen molar-refractivity contribution in [3.8, 4) is 11.4 Å². The van der Waals surface area contributed by atoms with Crippen LogP contribution in [0.5, 0.6) is 0 Å². The average Bonchev–Trinajstić information content (AvgIpc) is 3.29. The van der Waals surface area contributed by atoms with Gasteiger partial charge in [0, 0.05) is 22.7 Å². The molecule has 2 heterocycles. The Balaban J connectivity index is 1.76. The van der Waals surface area contributed by atoms with E-state index in [9.17, 15) is 0 Å². The van der Waals surface area contributed by atoms with E-state index >= 15 is 0 Å². The van der Waals surface area contributed by atoms with Gasteiger partial charge in [-0.3, -0.25) is 0 Å². The van der Waals surface area contributed by atoms with E-state index in [4.69, 9.17) is 21.7 Å². The molecular weight excluding hydrogens is 436 g/mol. The van der Waals surface area contributed by atoms with E-state index in [0.717, 1.165) is 46.9 Å². The zero-order valence-electron chi connectivity index (χ0n) is 18.9. The second kappa shape index (κ2) is 9.88. The molecule has 5 nitrogen and oxygen atoms in total. The summed E-state index contributed by atoms with van der Waals surface area (Å²) in [5, 5.41) is 8.55. The van der Waals surface area contributed by atoms with Gasteiger partial charge in [0.2, 0.25) is 5.82 Å². The minimum absolute atomic E-state index is 0.145. The highest BCUT2D eigenvalue weighted by atomic mass is 32.2. The Morgan fingerprint density at radius 3 is 2.47 bits per heavy atom. The van der Waals surface area contributed by atoms with Crippen LogP contribution in [0.3, 0.4) is 0 Å². The third-order valence-electron chi connectivity index (χ3n) is 5.75. The molecular formula is C25H28N4OS2. The molecule has 3 aromatic rings. The summed E-state index contributed by atoms with van der Waals surface area (Å²) in [6, 6.07) is 16.5. The Labute approximate surface area is 199 Å². The molecule has 2 aromatic carbocycles. The van der Waals surface area contributed by atoms with E-state index < -0.39 is 0 Å². The fourth-order valence-electron chi connectivity index (χ4n) is 3.84. The molecule has 166 valence electrons. The Morgan fingerprint density at radius 1 is 1.09 bits per heavy atom. The molecule has 1 aromatic heterocycles. The van der Waals surface area contributed by atoms with Gasteiger partial charge in [-0.2, -0.15) is 4.98 Å². The van der Waals surface area contributed by atoms with E-state index in [0.29, 0.717) is 11.7 Å². The summed E-state index contributed by atoms with van der Waals surface area (Å²) in [4.78, 5) is 8.14. The Kier molecular flexibility index (Phi) is 6.96. The molecule has 1 atom stereocenters. The lowest BCUT2D eigenvalue weighted by molar-refractivity contribution is 0.395. The SMILES string of the molecule is CCCCN1C(=S)NC(c2ccc(C)cc2)C(c2nc(-c3ccc(SC)cc3)no2)=C1C. The molecule has 1 N–H and O–H groups in total. The molecule has 0 fully saturated rings. The molecule has 0 aliphatic carbocycles. The summed E-state index contributed by atoms with van der Waals surface area (Å²) in [7, 11) is 0. The summed E-state index contributed by atoms with van der Waals surface area (Å²) < 4.78 is 5.81. The van der Waals surface area contributed by atoms with Crippen molar-refractivity contribution in [1.29, 1.82) is 0 Å². The van der Waals surface area contributed by atoms with Gasteiger partial charge < -0.3 is 14.7 Å². The van der Waals surface area contributed by atoms with Crippen LogP contribution < -0.4 is 5.32 Å². The first-order valence-electron chi connectivity index (χ1n) is 10.9. The number of hydrogen-bond donors (Lipinski definition) is 1. The van der Waals surface area contributed by atoms with E-state index in [1.165, 1.54) is 10.5 Å². The topological polar surface area (TPSA) is 54.2 Å². The predicted molar refractivity (Wildman–Crippen MR) is 135 cm³/mol. The van der Waals surface area contributed by atoms with Gasteiger partial charge >= 0.3 is 0 Å². The van der Waals surface area contributed by atoms with Crippen LogP contribution >= 0.6 is 24.0 Å². The molecule has 1 unspecified atom stereocenters. The Morgan fingerprint density at radius 2 is 1.81 bits per heavy atom. The average molecular weight is 465 g/mol. The van der Waals surface area contributed by atoms with Crippen LogP contribution in [-0.2, 0) is 0 Å². The second-order valence-corrected chi connectivity index (χ2v) is 9.22. The van der Waals surface area contributed by atoms with Crippen molar-refractivity contribution in [2.24, 2.45) is 0 Å². The molecule has 0 bridgehead atoms. The lowest BCUT2D eigenvalue weighted by Crippen LogP contribution is -2.46. The zero-order chi connectivity index (χ0) is 22.7. The predicted octanol–water partition coefficient (Wildman–Crippen LogP) is 6.23. The lowest BCUT2D eigenvalue weighted by atomic mass is 9.94. The first-order chi connectivity index (χ1) is 15.5. The van der Waals surface area contributed by atoms with Gasteiger partial charge in [-0.15, -0.1) is 11.8 Å². The number of allylic oxidation sites excluding steroid dienone is 1. The van der Waals surface area contributed by atoms with E-state index in [1.54, 1.807) is 11.8 Å². The maximum Gasteiger partial charge on any atom is 0.258 e. The summed E-state index contributed by atoms with van der Waals surface area (Å²) in [6.07, 6.45) is 4.21. The highest BCUT2D eigenvalue weighted by Crippen LogP contribution is 2.37. The number of aryl methyl sites for hydroxylation is 1. The summed E-state index contributed by atoms with van der Waals surface area (Å²) in [6.45, 7) is 7.22. The number of hydrogen-bond acceptors (Lipinski definition) is 5. The third kappa shape index (κ3) is 4.59. The monoisotopic (exact) mass is 464 g/mol. The minimum Gasteiger partial charge on any atom is -0.351 e. The maximum atomic E-state index is 5.81. The van der Waals surface area contributed by atoms with Crippen LogP contribution in [0.25, 0.3) is 17.0 Å². The van der Waals surface area contributed by atoms with Crippen LogP contribution in [0, 0.1) is 6.92 Å². The minimum atomic E-state index is -0.145. The maximum absolute atomic E-state index is 5.81. The molecule has 7 heteroatoms. The van der Waals surface area contributed by atoms with Gasteiger partial charge in [-0.05, 0) is 68.6 Å². The normalized spacial score (nSPS) is 16.4. The van der Waals surface area contributed by atoms with Crippen LogP contribution in [0.4, 0.5) is 0 Å². The number of unbranched alkanes of at least 4 members (excludes halogenated alkanes) is 1. The molecule has 32 heavy (non-hydrogen) atoms. The van der Waals surface area contributed by atoms with Crippen LogP contribution in [0.2, 0.25) is 0 Å². The number of nitrogens with one attached hydrogen (secondary N) is 1.